The van der Waals surface area contributed by atoms with Gasteiger partial charge in [-0.05, 0) is 111 Å². The largest absolute Gasteiger partial charge is 0.460 e. The molecule has 5 rings (SSSR count). The smallest absolute Gasteiger partial charge is 0.310 e. The Morgan fingerprint density at radius 2 is 1.72 bits per heavy atom. The van der Waals surface area contributed by atoms with Gasteiger partial charge in [0.1, 0.15) is 17.7 Å². The Morgan fingerprint density at radius 1 is 1.05 bits per heavy atom. The number of rotatable bonds is 4. The first kappa shape index (κ1) is 29.3. The number of carbonyl (C=O) groups excluding carboxylic acids is 2. The van der Waals surface area contributed by atoms with Crippen LogP contribution in [0.15, 0.2) is 48.6 Å². The van der Waals surface area contributed by atoms with E-state index in [0.717, 1.165) is 32.8 Å². The molecule has 7 heteroatoms. The van der Waals surface area contributed by atoms with Crippen LogP contribution >= 0.6 is 23.5 Å². The summed E-state index contributed by atoms with van der Waals surface area (Å²) in [5, 5.41) is 3.37. The summed E-state index contributed by atoms with van der Waals surface area (Å²) >= 11 is 7.93. The van der Waals surface area contributed by atoms with Crippen LogP contribution in [0.4, 0.5) is 4.39 Å². The van der Waals surface area contributed by atoms with E-state index in [9.17, 15) is 14.0 Å². The van der Waals surface area contributed by atoms with Crippen molar-refractivity contribution in [1.82, 2.24) is 4.31 Å². The van der Waals surface area contributed by atoms with Crippen LogP contribution in [0.25, 0.3) is 10.5 Å². The Bertz CT molecular complexity index is 1560. The molecule has 0 amide bonds. The molecule has 1 unspecified atom stereocenters. The van der Waals surface area contributed by atoms with Crippen molar-refractivity contribution in [2.75, 3.05) is 14.1 Å². The van der Waals surface area contributed by atoms with Gasteiger partial charge in [-0.25, -0.2) is 4.39 Å². The maximum atomic E-state index is 14.3. The topological polar surface area (TPSA) is 46.6 Å². The minimum atomic E-state index is -0.575. The highest BCUT2D eigenvalue weighted by Crippen LogP contribution is 2.34. The lowest BCUT2D eigenvalue weighted by atomic mass is 9.82. The van der Waals surface area contributed by atoms with E-state index >= 15 is 0 Å². The molecule has 0 saturated heterocycles. The normalized spacial score (nSPS) is 17.6. The summed E-state index contributed by atoms with van der Waals surface area (Å²) in [6.07, 6.45) is 13.3. The van der Waals surface area contributed by atoms with Crippen LogP contribution in [0, 0.1) is 22.2 Å². The number of hydrogen-bond donors (Lipinski definition) is 0. The highest BCUT2D eigenvalue weighted by Gasteiger charge is 2.32. The molecule has 4 nitrogen and oxygen atoms in total. The Kier molecular flexibility index (Phi) is 9.20. The van der Waals surface area contributed by atoms with Gasteiger partial charge in [-0.1, -0.05) is 48.0 Å². The van der Waals surface area contributed by atoms with Crippen LogP contribution in [-0.2, 0) is 27.2 Å². The Balaban J connectivity index is 0.000000519. The zero-order chi connectivity index (χ0) is 28.3. The van der Waals surface area contributed by atoms with E-state index < -0.39 is 11.4 Å². The van der Waals surface area contributed by atoms with Crippen LogP contribution in [0.1, 0.15) is 51.2 Å². The third kappa shape index (κ3) is 6.92. The first-order chi connectivity index (χ1) is 18.5. The highest BCUT2D eigenvalue weighted by molar-refractivity contribution is 8.05. The van der Waals surface area contributed by atoms with Crippen LogP contribution in [-0.4, -0.2) is 36.3 Å². The zero-order valence-electron chi connectivity index (χ0n) is 23.1. The van der Waals surface area contributed by atoms with E-state index in [-0.39, 0.29) is 16.9 Å². The lowest BCUT2D eigenvalue weighted by Crippen LogP contribution is -2.35. The summed E-state index contributed by atoms with van der Waals surface area (Å²) in [5.74, 6) is -1.01. The number of halogens is 2. The van der Waals surface area contributed by atoms with Crippen molar-refractivity contribution >= 4 is 46.3 Å². The predicted molar refractivity (Wildman–Crippen MR) is 158 cm³/mol. The van der Waals surface area contributed by atoms with Gasteiger partial charge < -0.3 is 4.74 Å². The Labute approximate surface area is 238 Å². The lowest BCUT2D eigenvalue weighted by Gasteiger charge is -2.29. The maximum absolute atomic E-state index is 14.3. The minimum Gasteiger partial charge on any atom is -0.460 e. The molecule has 0 aromatic heterocycles. The van der Waals surface area contributed by atoms with Gasteiger partial charge in [0.05, 0.1) is 10.9 Å². The van der Waals surface area contributed by atoms with Crippen molar-refractivity contribution in [2.45, 2.75) is 58.5 Å². The van der Waals surface area contributed by atoms with Crippen LogP contribution in [0.5, 0.6) is 0 Å². The second kappa shape index (κ2) is 12.2. The average Bonchev–Trinajstić information content (AvgIpc) is 2.87. The number of allylic oxidation sites excluding steroid dienone is 4. The fraction of sp³-hybridized carbons (Fsp3) is 0.375. The number of aldehydes is 1. The molecule has 1 atom stereocenters. The van der Waals surface area contributed by atoms with Gasteiger partial charge in [-0.3, -0.25) is 13.9 Å². The van der Waals surface area contributed by atoms with Gasteiger partial charge >= 0.3 is 5.97 Å². The van der Waals surface area contributed by atoms with E-state index in [2.05, 4.69) is 24.3 Å². The molecular formula is C32H35ClFNO3S. The van der Waals surface area contributed by atoms with Crippen molar-refractivity contribution in [1.29, 1.82) is 0 Å². The molecule has 0 bridgehead atoms. The van der Waals surface area contributed by atoms with Gasteiger partial charge in [-0.15, -0.1) is 0 Å². The molecule has 2 aromatic rings. The predicted octanol–water partition coefficient (Wildman–Crippen LogP) is 5.79. The van der Waals surface area contributed by atoms with Crippen molar-refractivity contribution in [3.8, 4) is 0 Å². The number of esters is 1. The fourth-order valence-corrected chi connectivity index (χ4v) is 6.52. The maximum Gasteiger partial charge on any atom is 0.310 e. The molecule has 3 aliphatic carbocycles. The lowest BCUT2D eigenvalue weighted by molar-refractivity contribution is -0.159. The van der Waals surface area contributed by atoms with Crippen molar-refractivity contribution in [2.24, 2.45) is 5.92 Å². The van der Waals surface area contributed by atoms with Gasteiger partial charge in [0.2, 0.25) is 0 Å². The molecular weight excluding hydrogens is 533 g/mol. The van der Waals surface area contributed by atoms with E-state index in [4.69, 9.17) is 16.3 Å². The van der Waals surface area contributed by atoms with E-state index in [1.54, 1.807) is 11.9 Å². The van der Waals surface area contributed by atoms with Gasteiger partial charge in [0.25, 0.3) is 0 Å². The Morgan fingerprint density at radius 3 is 2.28 bits per heavy atom. The third-order valence-corrected chi connectivity index (χ3v) is 7.98. The SMILES string of the molecule is C1=CCCC=C1.CN(C)SC1=c2ccc3c(c2CC(C(=O)OC(C)(C)C)C1)CC(C=O)=c1c(Cl)cc(F)cc1=3. The molecule has 0 spiro atoms. The number of hydrogen-bond acceptors (Lipinski definition) is 5. The van der Waals surface area contributed by atoms with Crippen LogP contribution in [0.3, 0.4) is 0 Å². The molecule has 0 aliphatic heterocycles. The van der Waals surface area contributed by atoms with Crippen molar-refractivity contribution in [3.05, 3.63) is 91.4 Å². The van der Waals surface area contributed by atoms with E-state index in [1.807, 2.05) is 51.3 Å². The molecule has 2 aromatic carbocycles. The number of benzene rings is 2. The summed E-state index contributed by atoms with van der Waals surface area (Å²) in [6.45, 7) is 5.59. The van der Waals surface area contributed by atoms with Crippen molar-refractivity contribution < 1.29 is 18.7 Å². The average molecular weight is 568 g/mol. The number of fused-ring (bicyclic) bond motifs is 4. The summed E-state index contributed by atoms with van der Waals surface area (Å²) < 4.78 is 22.0. The summed E-state index contributed by atoms with van der Waals surface area (Å²) in [7, 11) is 3.93. The third-order valence-electron chi connectivity index (χ3n) is 6.71. The van der Waals surface area contributed by atoms with Gasteiger partial charge in [0.15, 0.2) is 0 Å². The molecule has 3 aliphatic rings. The molecule has 0 radical (unpaired) electrons. The molecule has 206 valence electrons. The fourth-order valence-electron chi connectivity index (χ4n) is 5.19. The molecule has 0 N–H and O–H groups in total. The highest BCUT2D eigenvalue weighted by atomic mass is 35.5. The van der Waals surface area contributed by atoms with E-state index in [0.29, 0.717) is 35.3 Å². The molecule has 39 heavy (non-hydrogen) atoms. The molecule has 0 saturated carbocycles. The summed E-state index contributed by atoms with van der Waals surface area (Å²) in [6, 6.07) is 6.70. The Hall–Kier alpha value is -2.67. The number of carbonyl (C=O) groups is 2. The van der Waals surface area contributed by atoms with E-state index in [1.165, 1.54) is 25.0 Å². The summed E-state index contributed by atoms with van der Waals surface area (Å²) in [5.41, 5.74) is 1.92. The number of ether oxygens (including phenoxy) is 1. The minimum absolute atomic E-state index is 0.229. The zero-order valence-corrected chi connectivity index (χ0v) is 24.7. The monoisotopic (exact) mass is 567 g/mol. The molecule has 0 heterocycles. The second-order valence-electron chi connectivity index (χ2n) is 11.1. The van der Waals surface area contributed by atoms with Crippen LogP contribution < -0.4 is 10.4 Å². The van der Waals surface area contributed by atoms with Crippen molar-refractivity contribution in [3.63, 3.8) is 0 Å². The standard InChI is InChI=1S/C26H27ClFNO3S.C6H8/c1-26(2,3)32-25(31)14-8-20-18(23(10-14)33-29(4)5)7-6-17-19(20)9-15(13-30)24-21(17)11-16(28)12-22(24)27;1-2-4-6-5-3-1/h6-7,11-14H,8-10H2,1-5H3;1-4H,5-6H2. The second-order valence-corrected chi connectivity index (χ2v) is 13.0. The molecule has 0 fully saturated rings. The van der Waals surface area contributed by atoms with Crippen LogP contribution in [0.2, 0.25) is 5.02 Å². The quantitative estimate of drug-likeness (QED) is 0.266. The summed E-state index contributed by atoms with van der Waals surface area (Å²) in [4.78, 5) is 26.1. The first-order valence-corrected chi connectivity index (χ1v) is 14.3. The number of nitrogens with zero attached hydrogens (tertiary/aromatic N) is 1. The first-order valence-electron chi connectivity index (χ1n) is 13.2. The van der Waals surface area contributed by atoms with Gasteiger partial charge in [-0.2, -0.15) is 0 Å². The van der Waals surface area contributed by atoms with Gasteiger partial charge in [0, 0.05) is 22.1 Å².